The summed E-state index contributed by atoms with van der Waals surface area (Å²) < 4.78 is 0. The molecule has 5 heteroatoms. The van der Waals surface area contributed by atoms with Crippen LogP contribution >= 0.6 is 0 Å². The van der Waals surface area contributed by atoms with Gasteiger partial charge in [-0.05, 0) is 25.2 Å². The first-order valence-corrected chi connectivity index (χ1v) is 5.75. The van der Waals surface area contributed by atoms with Crippen LogP contribution in [0.25, 0.3) is 0 Å². The number of nitrogens with zero attached hydrogens (tertiary/aromatic N) is 1. The molecule has 2 aliphatic carbocycles. The maximum atomic E-state index is 12.2. The predicted octanol–water partition coefficient (Wildman–Crippen LogP) is 0.643. The molecule has 2 atom stereocenters. The Morgan fingerprint density at radius 2 is 1.94 bits per heavy atom. The number of carbonyl (C=O) groups excluding carboxylic acids is 3. The van der Waals surface area contributed by atoms with Gasteiger partial charge in [0.15, 0.2) is 0 Å². The topological polar surface area (TPSA) is 66.5 Å². The second-order valence-corrected chi connectivity index (χ2v) is 5.15. The lowest BCUT2D eigenvalue weighted by Crippen LogP contribution is -2.66. The summed E-state index contributed by atoms with van der Waals surface area (Å²) in [6.45, 7) is 2.01. The van der Waals surface area contributed by atoms with E-state index < -0.39 is 17.4 Å². The fourth-order valence-corrected chi connectivity index (χ4v) is 2.63. The second kappa shape index (κ2) is 2.84. The molecule has 3 aliphatic rings. The summed E-state index contributed by atoms with van der Waals surface area (Å²) in [5.74, 6) is -0.278. The van der Waals surface area contributed by atoms with Crippen molar-refractivity contribution < 1.29 is 14.4 Å². The van der Waals surface area contributed by atoms with Crippen molar-refractivity contribution in [1.82, 2.24) is 10.2 Å². The monoisotopic (exact) mass is 222 g/mol. The number of imide groups is 2. The van der Waals surface area contributed by atoms with Crippen molar-refractivity contribution in [2.75, 3.05) is 0 Å². The molecule has 86 valence electrons. The lowest BCUT2D eigenvalue weighted by Gasteiger charge is -2.44. The molecule has 2 unspecified atom stereocenters. The summed E-state index contributed by atoms with van der Waals surface area (Å²) >= 11 is 0. The molecular weight excluding hydrogens is 208 g/mol. The van der Waals surface area contributed by atoms with E-state index in [1.165, 1.54) is 4.90 Å². The van der Waals surface area contributed by atoms with Gasteiger partial charge in [-0.3, -0.25) is 19.8 Å². The molecule has 2 saturated carbocycles. The van der Waals surface area contributed by atoms with E-state index in [1.807, 2.05) is 6.92 Å². The average molecular weight is 222 g/mol. The minimum atomic E-state index is -0.907. The van der Waals surface area contributed by atoms with Gasteiger partial charge in [-0.15, -0.1) is 0 Å². The van der Waals surface area contributed by atoms with Crippen LogP contribution in [-0.4, -0.2) is 28.8 Å². The first-order valence-electron chi connectivity index (χ1n) is 5.75. The molecule has 1 saturated heterocycles. The number of rotatable bonds is 1. The van der Waals surface area contributed by atoms with Gasteiger partial charge >= 0.3 is 6.03 Å². The van der Waals surface area contributed by atoms with Gasteiger partial charge < -0.3 is 0 Å². The molecule has 0 bridgehead atoms. The van der Waals surface area contributed by atoms with Crippen LogP contribution < -0.4 is 5.32 Å². The molecule has 1 spiro atoms. The normalized spacial score (nSPS) is 36.1. The fourth-order valence-electron chi connectivity index (χ4n) is 2.63. The molecule has 1 N–H and O–H groups in total. The Labute approximate surface area is 93.2 Å². The lowest BCUT2D eigenvalue weighted by molar-refractivity contribution is -0.158. The molecular formula is C11H14N2O3. The van der Waals surface area contributed by atoms with Crippen molar-refractivity contribution in [3.05, 3.63) is 0 Å². The second-order valence-electron chi connectivity index (χ2n) is 5.15. The summed E-state index contributed by atoms with van der Waals surface area (Å²) in [6.07, 6.45) is 2.93. The highest BCUT2D eigenvalue weighted by Crippen LogP contribution is 2.47. The van der Waals surface area contributed by atoms with Gasteiger partial charge in [0.1, 0.15) is 5.41 Å². The van der Waals surface area contributed by atoms with Crippen LogP contribution in [0.1, 0.15) is 32.6 Å². The minimum absolute atomic E-state index is 0.0121. The van der Waals surface area contributed by atoms with Crippen LogP contribution in [-0.2, 0) is 9.59 Å². The number of hydrogen-bond donors (Lipinski definition) is 1. The zero-order valence-electron chi connectivity index (χ0n) is 9.16. The summed E-state index contributed by atoms with van der Waals surface area (Å²) in [5.41, 5.74) is -0.907. The van der Waals surface area contributed by atoms with Gasteiger partial charge in [-0.1, -0.05) is 13.3 Å². The predicted molar refractivity (Wildman–Crippen MR) is 54.2 cm³/mol. The summed E-state index contributed by atoms with van der Waals surface area (Å²) in [7, 11) is 0. The Hall–Kier alpha value is -1.39. The third kappa shape index (κ3) is 1.03. The zero-order chi connectivity index (χ0) is 11.5. The van der Waals surface area contributed by atoms with E-state index in [1.54, 1.807) is 0 Å². The quantitative estimate of drug-likeness (QED) is 0.662. The maximum absolute atomic E-state index is 12.2. The molecule has 0 aromatic heterocycles. The number of urea groups is 1. The molecule has 3 fully saturated rings. The van der Waals surface area contributed by atoms with Crippen LogP contribution in [0.4, 0.5) is 4.79 Å². The van der Waals surface area contributed by atoms with E-state index in [0.29, 0.717) is 18.8 Å². The van der Waals surface area contributed by atoms with Crippen molar-refractivity contribution in [3.8, 4) is 0 Å². The lowest BCUT2D eigenvalue weighted by atomic mass is 9.66. The van der Waals surface area contributed by atoms with E-state index in [4.69, 9.17) is 0 Å². The zero-order valence-corrected chi connectivity index (χ0v) is 9.16. The number of hydrogen-bond acceptors (Lipinski definition) is 3. The van der Waals surface area contributed by atoms with Gasteiger partial charge in [0, 0.05) is 6.04 Å². The van der Waals surface area contributed by atoms with E-state index in [9.17, 15) is 14.4 Å². The number of carbonyl (C=O) groups is 3. The van der Waals surface area contributed by atoms with Crippen molar-refractivity contribution in [1.29, 1.82) is 0 Å². The van der Waals surface area contributed by atoms with Crippen LogP contribution in [0, 0.1) is 11.3 Å². The Morgan fingerprint density at radius 1 is 1.31 bits per heavy atom. The molecule has 5 nitrogen and oxygen atoms in total. The molecule has 0 radical (unpaired) electrons. The number of amides is 4. The standard InChI is InChI=1S/C11H14N2O3/c1-6-5-7(6)13-9(15)11(3-2-4-11)8(14)12-10(13)16/h6-7H,2-5H2,1H3,(H,12,14,16). The third-order valence-electron chi connectivity index (χ3n) is 4.11. The average Bonchev–Trinajstić information content (AvgIpc) is 2.79. The van der Waals surface area contributed by atoms with Crippen molar-refractivity contribution >= 4 is 17.8 Å². The first-order chi connectivity index (χ1) is 7.56. The van der Waals surface area contributed by atoms with Crippen LogP contribution in [0.15, 0.2) is 0 Å². The molecule has 1 aliphatic heterocycles. The Kier molecular flexibility index (Phi) is 1.74. The van der Waals surface area contributed by atoms with Crippen molar-refractivity contribution in [2.24, 2.45) is 11.3 Å². The highest BCUT2D eigenvalue weighted by atomic mass is 16.2. The van der Waals surface area contributed by atoms with Crippen LogP contribution in [0.3, 0.4) is 0 Å². The van der Waals surface area contributed by atoms with E-state index >= 15 is 0 Å². The molecule has 3 rings (SSSR count). The Morgan fingerprint density at radius 3 is 2.38 bits per heavy atom. The number of nitrogens with one attached hydrogen (secondary N) is 1. The van der Waals surface area contributed by atoms with E-state index in [-0.39, 0.29) is 11.9 Å². The molecule has 16 heavy (non-hydrogen) atoms. The van der Waals surface area contributed by atoms with Gasteiger partial charge in [0.25, 0.3) is 0 Å². The Bertz CT molecular complexity index is 400. The van der Waals surface area contributed by atoms with E-state index in [2.05, 4.69) is 5.32 Å². The van der Waals surface area contributed by atoms with Crippen molar-refractivity contribution in [3.63, 3.8) is 0 Å². The summed E-state index contributed by atoms with van der Waals surface area (Å²) in [5, 5.41) is 2.32. The van der Waals surface area contributed by atoms with Gasteiger partial charge in [0.2, 0.25) is 11.8 Å². The summed E-state index contributed by atoms with van der Waals surface area (Å²) in [4.78, 5) is 36.9. The highest BCUT2D eigenvalue weighted by Gasteiger charge is 2.60. The minimum Gasteiger partial charge on any atom is -0.277 e. The van der Waals surface area contributed by atoms with Gasteiger partial charge in [0.05, 0.1) is 0 Å². The Balaban J connectivity index is 1.91. The largest absolute Gasteiger partial charge is 0.331 e. The highest BCUT2D eigenvalue weighted by molar-refractivity contribution is 6.19. The van der Waals surface area contributed by atoms with Gasteiger partial charge in [-0.2, -0.15) is 0 Å². The molecule has 0 aromatic carbocycles. The molecule has 0 aromatic rings. The third-order valence-corrected chi connectivity index (χ3v) is 4.11. The number of barbiturate groups is 1. The van der Waals surface area contributed by atoms with Crippen LogP contribution in [0.5, 0.6) is 0 Å². The SMILES string of the molecule is CC1CC1N1C(=O)NC(=O)C2(CCC2)C1=O. The smallest absolute Gasteiger partial charge is 0.277 e. The van der Waals surface area contributed by atoms with Crippen molar-refractivity contribution in [2.45, 2.75) is 38.6 Å². The summed E-state index contributed by atoms with van der Waals surface area (Å²) in [6, 6.07) is -0.514. The van der Waals surface area contributed by atoms with Gasteiger partial charge in [-0.25, -0.2) is 4.79 Å². The molecule has 1 heterocycles. The van der Waals surface area contributed by atoms with Crippen LogP contribution in [0.2, 0.25) is 0 Å². The molecule has 4 amide bonds. The fraction of sp³-hybridized carbons (Fsp3) is 0.727. The maximum Gasteiger partial charge on any atom is 0.331 e. The van der Waals surface area contributed by atoms with E-state index in [0.717, 1.165) is 12.8 Å². The first kappa shape index (κ1) is 9.81.